The Hall–Kier alpha value is -3.61. The van der Waals surface area contributed by atoms with Gasteiger partial charge < -0.3 is 10.6 Å². The number of benzene rings is 1. The number of ketones is 1. The molecule has 6 nitrogen and oxygen atoms in total. The van der Waals surface area contributed by atoms with E-state index in [-0.39, 0.29) is 18.1 Å². The lowest BCUT2D eigenvalue weighted by Crippen LogP contribution is -2.25. The van der Waals surface area contributed by atoms with Crippen molar-refractivity contribution in [3.05, 3.63) is 77.5 Å². The Morgan fingerprint density at radius 2 is 1.94 bits per heavy atom. The molecule has 0 saturated heterocycles. The topological polar surface area (TPSA) is 89.2 Å². The maximum absolute atomic E-state index is 14.7. The monoisotopic (exact) mass is 420 g/mol. The van der Waals surface area contributed by atoms with Crippen LogP contribution in [0.15, 0.2) is 54.9 Å². The molecule has 2 aromatic heterocycles. The van der Waals surface area contributed by atoms with E-state index in [1.807, 2.05) is 6.07 Å². The van der Waals surface area contributed by atoms with Gasteiger partial charge in [-0.3, -0.25) is 14.6 Å². The largest absolute Gasteiger partial charge is 0.383 e. The van der Waals surface area contributed by atoms with Gasteiger partial charge in [0.2, 0.25) is 5.91 Å². The van der Waals surface area contributed by atoms with Gasteiger partial charge in [-0.1, -0.05) is 31.2 Å². The molecule has 2 N–H and O–H groups in total. The van der Waals surface area contributed by atoms with Gasteiger partial charge in [0.25, 0.3) is 0 Å². The Labute approximate surface area is 180 Å². The number of hydrogen-bond acceptors (Lipinski definition) is 5. The molecule has 0 bridgehead atoms. The highest BCUT2D eigenvalue weighted by atomic mass is 19.1. The van der Waals surface area contributed by atoms with Crippen molar-refractivity contribution in [2.75, 3.05) is 12.8 Å². The van der Waals surface area contributed by atoms with Crippen LogP contribution in [0.3, 0.4) is 0 Å². The van der Waals surface area contributed by atoms with Crippen molar-refractivity contribution in [2.45, 2.75) is 32.7 Å². The lowest BCUT2D eigenvalue weighted by atomic mass is 10.0. The second kappa shape index (κ2) is 9.93. The number of nitrogens with zero attached hydrogens (tertiary/aromatic N) is 3. The van der Waals surface area contributed by atoms with Gasteiger partial charge in [0.05, 0.1) is 0 Å². The minimum atomic E-state index is -0.400. The number of nitrogens with two attached hydrogens (primary N) is 1. The molecule has 0 unspecified atom stereocenters. The third-order valence-electron chi connectivity index (χ3n) is 5.09. The molecule has 0 saturated carbocycles. The van der Waals surface area contributed by atoms with E-state index in [9.17, 15) is 14.0 Å². The van der Waals surface area contributed by atoms with E-state index in [2.05, 4.69) is 9.97 Å². The summed E-state index contributed by atoms with van der Waals surface area (Å²) in [7, 11) is 1.69. The molecule has 3 aromatic rings. The van der Waals surface area contributed by atoms with Crippen LogP contribution in [0, 0.1) is 5.82 Å². The average molecular weight is 420 g/mol. The fourth-order valence-electron chi connectivity index (χ4n) is 3.28. The molecule has 31 heavy (non-hydrogen) atoms. The number of Topliss-reactive ketones (excluding diaryl/α,β-unsaturated/α-hetero) is 1. The van der Waals surface area contributed by atoms with Crippen LogP contribution in [0.25, 0.3) is 11.1 Å². The second-order valence-corrected chi connectivity index (χ2v) is 7.32. The number of aryl methyl sites for hydroxylation is 1. The van der Waals surface area contributed by atoms with E-state index in [0.29, 0.717) is 47.6 Å². The van der Waals surface area contributed by atoms with Crippen molar-refractivity contribution < 1.29 is 14.0 Å². The van der Waals surface area contributed by atoms with Crippen molar-refractivity contribution >= 4 is 17.5 Å². The van der Waals surface area contributed by atoms with Crippen molar-refractivity contribution in [3.63, 3.8) is 0 Å². The molecule has 0 aliphatic carbocycles. The summed E-state index contributed by atoms with van der Waals surface area (Å²) >= 11 is 0. The van der Waals surface area contributed by atoms with E-state index in [0.717, 1.165) is 5.56 Å². The highest BCUT2D eigenvalue weighted by Gasteiger charge is 2.13. The van der Waals surface area contributed by atoms with Gasteiger partial charge in [0, 0.05) is 50.0 Å². The van der Waals surface area contributed by atoms with Crippen LogP contribution in [0.5, 0.6) is 0 Å². The molecule has 1 aromatic carbocycles. The first-order valence-corrected chi connectivity index (χ1v) is 10.1. The summed E-state index contributed by atoms with van der Waals surface area (Å²) in [5.74, 6) is -0.0973. The fourth-order valence-corrected chi connectivity index (χ4v) is 3.28. The van der Waals surface area contributed by atoms with Crippen molar-refractivity contribution in [2.24, 2.45) is 0 Å². The van der Waals surface area contributed by atoms with Crippen LogP contribution in [0.2, 0.25) is 0 Å². The normalized spacial score (nSPS) is 10.7. The summed E-state index contributed by atoms with van der Waals surface area (Å²) in [5.41, 5.74) is 8.63. The van der Waals surface area contributed by atoms with Crippen molar-refractivity contribution in [3.8, 4) is 11.1 Å². The van der Waals surface area contributed by atoms with Gasteiger partial charge in [0.1, 0.15) is 17.3 Å². The Kier molecular flexibility index (Phi) is 7.07. The standard InChI is InChI=1S/C24H25FN4O2/c1-3-23(31)29(2)15-16-6-9-19(20(25)13-16)18-7-10-21(28-14-18)22(30)11-8-17-5-4-12-27-24(17)26/h4-7,9-10,12-14H,3,8,11,15H2,1-2H3,(H2,26,27). The van der Waals surface area contributed by atoms with Crippen LogP contribution in [-0.2, 0) is 17.8 Å². The molecule has 0 fully saturated rings. The summed E-state index contributed by atoms with van der Waals surface area (Å²) in [6.07, 6.45) is 4.25. The molecule has 3 rings (SSSR count). The second-order valence-electron chi connectivity index (χ2n) is 7.32. The van der Waals surface area contributed by atoms with E-state index < -0.39 is 5.82 Å². The number of amides is 1. The molecule has 2 heterocycles. The minimum Gasteiger partial charge on any atom is -0.383 e. The van der Waals surface area contributed by atoms with Gasteiger partial charge in [-0.2, -0.15) is 0 Å². The summed E-state index contributed by atoms with van der Waals surface area (Å²) in [5, 5.41) is 0. The molecule has 0 aliphatic heterocycles. The van der Waals surface area contributed by atoms with Crippen LogP contribution in [0.1, 0.15) is 41.4 Å². The lowest BCUT2D eigenvalue weighted by Gasteiger charge is -2.16. The number of hydrogen-bond donors (Lipinski definition) is 1. The SMILES string of the molecule is CCC(=O)N(C)Cc1ccc(-c2ccc(C(=O)CCc3cccnc3N)nc2)c(F)c1. The number of rotatable bonds is 8. The van der Waals surface area contributed by atoms with Crippen molar-refractivity contribution in [1.29, 1.82) is 0 Å². The third kappa shape index (κ3) is 5.51. The zero-order valence-corrected chi connectivity index (χ0v) is 17.6. The first kappa shape index (κ1) is 22.1. The molecular weight excluding hydrogens is 395 g/mol. The lowest BCUT2D eigenvalue weighted by molar-refractivity contribution is -0.130. The molecule has 160 valence electrons. The average Bonchev–Trinajstić information content (AvgIpc) is 2.78. The fraction of sp³-hybridized carbons (Fsp3) is 0.250. The maximum atomic E-state index is 14.7. The van der Waals surface area contributed by atoms with Gasteiger partial charge in [-0.25, -0.2) is 9.37 Å². The molecule has 0 spiro atoms. The number of pyridine rings is 2. The van der Waals surface area contributed by atoms with Crippen LogP contribution >= 0.6 is 0 Å². The number of carbonyl (C=O) groups is 2. The number of carbonyl (C=O) groups excluding carboxylic acids is 2. The number of halogens is 1. The molecule has 7 heteroatoms. The number of aromatic nitrogens is 2. The van der Waals surface area contributed by atoms with Crippen LogP contribution in [-0.4, -0.2) is 33.6 Å². The van der Waals surface area contributed by atoms with E-state index >= 15 is 0 Å². The predicted octanol–water partition coefficient (Wildman–Crippen LogP) is 4.05. The smallest absolute Gasteiger partial charge is 0.222 e. The van der Waals surface area contributed by atoms with E-state index in [1.165, 1.54) is 12.3 Å². The summed E-state index contributed by atoms with van der Waals surface area (Å²) in [6.45, 7) is 2.13. The highest BCUT2D eigenvalue weighted by Crippen LogP contribution is 2.24. The van der Waals surface area contributed by atoms with Crippen molar-refractivity contribution in [1.82, 2.24) is 14.9 Å². The first-order valence-electron chi connectivity index (χ1n) is 10.1. The number of nitrogen functional groups attached to an aromatic ring is 1. The Balaban J connectivity index is 1.67. The van der Waals surface area contributed by atoms with Gasteiger partial charge >= 0.3 is 0 Å². The predicted molar refractivity (Wildman–Crippen MR) is 118 cm³/mol. The molecule has 0 radical (unpaired) electrons. The maximum Gasteiger partial charge on any atom is 0.222 e. The molecule has 0 aliphatic rings. The van der Waals surface area contributed by atoms with Gasteiger partial charge in [-0.15, -0.1) is 0 Å². The zero-order valence-electron chi connectivity index (χ0n) is 17.6. The van der Waals surface area contributed by atoms with Gasteiger partial charge in [-0.05, 0) is 35.7 Å². The highest BCUT2D eigenvalue weighted by molar-refractivity contribution is 5.94. The van der Waals surface area contributed by atoms with Crippen LogP contribution < -0.4 is 5.73 Å². The molecular formula is C24H25FN4O2. The Morgan fingerprint density at radius 3 is 2.58 bits per heavy atom. The Bertz CT molecular complexity index is 1080. The van der Waals surface area contributed by atoms with E-state index in [4.69, 9.17) is 5.73 Å². The Morgan fingerprint density at radius 1 is 1.13 bits per heavy atom. The third-order valence-corrected chi connectivity index (χ3v) is 5.09. The van der Waals surface area contributed by atoms with E-state index in [1.54, 1.807) is 55.4 Å². The quantitative estimate of drug-likeness (QED) is 0.556. The summed E-state index contributed by atoms with van der Waals surface area (Å²) in [6, 6.07) is 11.8. The molecule has 1 amide bonds. The van der Waals surface area contributed by atoms with Gasteiger partial charge in [0.15, 0.2) is 5.78 Å². The zero-order chi connectivity index (χ0) is 22.4. The minimum absolute atomic E-state index is 0.000143. The number of anilines is 1. The first-order chi connectivity index (χ1) is 14.9. The molecule has 0 atom stereocenters. The van der Waals surface area contributed by atoms with Crippen LogP contribution in [0.4, 0.5) is 10.2 Å². The summed E-state index contributed by atoms with van der Waals surface area (Å²) < 4.78 is 14.7. The summed E-state index contributed by atoms with van der Waals surface area (Å²) in [4.78, 5) is 33.9.